The Bertz CT molecular complexity index is 338. The maximum atomic E-state index is 11.8. The predicted octanol–water partition coefficient (Wildman–Crippen LogP) is 3.37. The quantitative estimate of drug-likeness (QED) is 0.893. The minimum atomic E-state index is -0.00255. The molecule has 1 N–H and O–H groups in total. The minimum Gasteiger partial charge on any atom is -0.350 e. The van der Waals surface area contributed by atoms with E-state index in [2.05, 4.69) is 28.2 Å². The van der Waals surface area contributed by atoms with Gasteiger partial charge >= 0.3 is 0 Å². The number of benzene rings is 1. The summed E-state index contributed by atoms with van der Waals surface area (Å²) in [4.78, 5) is 11.8. The third-order valence-electron chi connectivity index (χ3n) is 2.19. The average molecular weight is 270 g/mol. The summed E-state index contributed by atoms with van der Waals surface area (Å²) in [5.41, 5.74) is 0.701. The van der Waals surface area contributed by atoms with Crippen molar-refractivity contribution in [1.82, 2.24) is 5.32 Å². The van der Waals surface area contributed by atoms with Crippen molar-refractivity contribution in [2.75, 3.05) is 0 Å². The lowest BCUT2D eigenvalue weighted by Gasteiger charge is -2.12. The van der Waals surface area contributed by atoms with Gasteiger partial charge in [0.05, 0.1) is 0 Å². The molecule has 0 radical (unpaired) electrons. The zero-order chi connectivity index (χ0) is 11.3. The van der Waals surface area contributed by atoms with Gasteiger partial charge in [-0.3, -0.25) is 4.79 Å². The molecule has 0 fully saturated rings. The summed E-state index contributed by atoms with van der Waals surface area (Å²) in [6.07, 6.45) is 2.10. The van der Waals surface area contributed by atoms with Crippen LogP contribution in [0.25, 0.3) is 0 Å². The molecule has 0 aromatic heterocycles. The normalized spacial score (nSPS) is 12.2. The lowest BCUT2D eigenvalue weighted by Crippen LogP contribution is -2.32. The van der Waals surface area contributed by atoms with E-state index in [4.69, 9.17) is 0 Å². The largest absolute Gasteiger partial charge is 0.350 e. The van der Waals surface area contributed by atoms with Gasteiger partial charge in [0.25, 0.3) is 5.91 Å². The summed E-state index contributed by atoms with van der Waals surface area (Å²) >= 11 is 3.35. The fourth-order valence-electron chi connectivity index (χ4n) is 1.44. The molecular formula is C12H16BrNO. The molecule has 0 bridgehead atoms. The molecule has 1 unspecified atom stereocenters. The van der Waals surface area contributed by atoms with Gasteiger partial charge < -0.3 is 5.32 Å². The van der Waals surface area contributed by atoms with Crippen molar-refractivity contribution in [3.8, 4) is 0 Å². The van der Waals surface area contributed by atoms with Crippen LogP contribution in [0.15, 0.2) is 28.7 Å². The van der Waals surface area contributed by atoms with Gasteiger partial charge in [-0.25, -0.2) is 0 Å². The number of hydrogen-bond donors (Lipinski definition) is 1. The molecule has 0 saturated heterocycles. The lowest BCUT2D eigenvalue weighted by atomic mass is 10.1. The summed E-state index contributed by atoms with van der Waals surface area (Å²) in [6, 6.07) is 7.66. The van der Waals surface area contributed by atoms with Crippen LogP contribution in [0.4, 0.5) is 0 Å². The molecule has 1 amide bonds. The summed E-state index contributed by atoms with van der Waals surface area (Å²) in [5, 5.41) is 2.96. The van der Waals surface area contributed by atoms with Crippen LogP contribution in [-0.4, -0.2) is 11.9 Å². The molecule has 0 saturated carbocycles. The van der Waals surface area contributed by atoms with Gasteiger partial charge in [0.15, 0.2) is 0 Å². The van der Waals surface area contributed by atoms with Crippen LogP contribution in [0.1, 0.15) is 37.0 Å². The Morgan fingerprint density at radius 3 is 2.87 bits per heavy atom. The van der Waals surface area contributed by atoms with Crippen LogP contribution in [0.5, 0.6) is 0 Å². The Hall–Kier alpha value is -0.830. The first kappa shape index (κ1) is 12.2. The lowest BCUT2D eigenvalue weighted by molar-refractivity contribution is 0.0938. The molecule has 1 aromatic rings. The molecule has 1 atom stereocenters. The Labute approximate surface area is 99.2 Å². The molecule has 1 aromatic carbocycles. The fourth-order valence-corrected chi connectivity index (χ4v) is 1.84. The van der Waals surface area contributed by atoms with E-state index in [1.165, 1.54) is 0 Å². The van der Waals surface area contributed by atoms with Crippen LogP contribution in [0.3, 0.4) is 0 Å². The second-order valence-corrected chi connectivity index (χ2v) is 4.59. The van der Waals surface area contributed by atoms with Crippen molar-refractivity contribution >= 4 is 21.8 Å². The van der Waals surface area contributed by atoms with E-state index in [1.54, 1.807) is 0 Å². The molecule has 1 rings (SSSR count). The number of nitrogens with one attached hydrogen (secondary N) is 1. The van der Waals surface area contributed by atoms with Gasteiger partial charge in [-0.2, -0.15) is 0 Å². The highest BCUT2D eigenvalue weighted by Gasteiger charge is 2.08. The number of carbonyl (C=O) groups excluding carboxylic acids is 1. The topological polar surface area (TPSA) is 29.1 Å². The van der Waals surface area contributed by atoms with Gasteiger partial charge in [-0.15, -0.1) is 0 Å². The highest BCUT2D eigenvalue weighted by atomic mass is 79.9. The molecule has 15 heavy (non-hydrogen) atoms. The molecule has 3 heteroatoms. The van der Waals surface area contributed by atoms with Crippen LogP contribution in [0.2, 0.25) is 0 Å². The SMILES string of the molecule is CCCC(C)NC(=O)c1cccc(Br)c1. The second-order valence-electron chi connectivity index (χ2n) is 3.67. The van der Waals surface area contributed by atoms with Gasteiger partial charge in [0.2, 0.25) is 0 Å². The minimum absolute atomic E-state index is 0.00255. The Morgan fingerprint density at radius 1 is 1.53 bits per heavy atom. The molecule has 82 valence electrons. The van der Waals surface area contributed by atoms with Crippen LogP contribution >= 0.6 is 15.9 Å². The molecular weight excluding hydrogens is 254 g/mol. The van der Waals surface area contributed by atoms with Gasteiger partial charge in [-0.1, -0.05) is 35.3 Å². The number of carbonyl (C=O) groups is 1. The Balaban J connectivity index is 2.61. The van der Waals surface area contributed by atoms with E-state index < -0.39 is 0 Å². The van der Waals surface area contributed by atoms with E-state index >= 15 is 0 Å². The number of hydrogen-bond acceptors (Lipinski definition) is 1. The summed E-state index contributed by atoms with van der Waals surface area (Å²) in [5.74, 6) is -0.00255. The first-order chi connectivity index (χ1) is 7.13. The first-order valence-electron chi connectivity index (χ1n) is 5.20. The van der Waals surface area contributed by atoms with Crippen LogP contribution < -0.4 is 5.32 Å². The molecule has 0 heterocycles. The number of amides is 1. The van der Waals surface area contributed by atoms with E-state index in [0.717, 1.165) is 17.3 Å². The van der Waals surface area contributed by atoms with Crippen molar-refractivity contribution in [2.45, 2.75) is 32.7 Å². The maximum Gasteiger partial charge on any atom is 0.251 e. The predicted molar refractivity (Wildman–Crippen MR) is 66.0 cm³/mol. The molecule has 0 aliphatic rings. The van der Waals surface area contributed by atoms with E-state index in [1.807, 2.05) is 31.2 Å². The third-order valence-corrected chi connectivity index (χ3v) is 2.68. The van der Waals surface area contributed by atoms with E-state index in [0.29, 0.717) is 5.56 Å². The van der Waals surface area contributed by atoms with E-state index in [-0.39, 0.29) is 11.9 Å². The first-order valence-corrected chi connectivity index (χ1v) is 5.99. The Kier molecular flexibility index (Phi) is 4.82. The van der Waals surface area contributed by atoms with Crippen molar-refractivity contribution in [1.29, 1.82) is 0 Å². The molecule has 2 nitrogen and oxygen atoms in total. The van der Waals surface area contributed by atoms with Crippen molar-refractivity contribution in [3.05, 3.63) is 34.3 Å². The monoisotopic (exact) mass is 269 g/mol. The smallest absolute Gasteiger partial charge is 0.251 e. The number of halogens is 1. The van der Waals surface area contributed by atoms with Gasteiger partial charge in [-0.05, 0) is 31.5 Å². The zero-order valence-corrected chi connectivity index (χ0v) is 10.7. The maximum absolute atomic E-state index is 11.8. The second kappa shape index (κ2) is 5.91. The van der Waals surface area contributed by atoms with Crippen LogP contribution in [-0.2, 0) is 0 Å². The Morgan fingerprint density at radius 2 is 2.27 bits per heavy atom. The van der Waals surface area contributed by atoms with Gasteiger partial charge in [0.1, 0.15) is 0 Å². The van der Waals surface area contributed by atoms with Crippen molar-refractivity contribution in [2.24, 2.45) is 0 Å². The van der Waals surface area contributed by atoms with Crippen LogP contribution in [0, 0.1) is 0 Å². The van der Waals surface area contributed by atoms with Gasteiger partial charge in [0, 0.05) is 16.1 Å². The fraction of sp³-hybridized carbons (Fsp3) is 0.417. The summed E-state index contributed by atoms with van der Waals surface area (Å²) in [7, 11) is 0. The molecule has 0 spiro atoms. The molecule has 0 aliphatic carbocycles. The standard InChI is InChI=1S/C12H16BrNO/c1-3-5-9(2)14-12(15)10-6-4-7-11(13)8-10/h4,6-9H,3,5H2,1-2H3,(H,14,15). The van der Waals surface area contributed by atoms with Crippen molar-refractivity contribution < 1.29 is 4.79 Å². The van der Waals surface area contributed by atoms with Crippen molar-refractivity contribution in [3.63, 3.8) is 0 Å². The van der Waals surface area contributed by atoms with E-state index in [9.17, 15) is 4.79 Å². The summed E-state index contributed by atoms with van der Waals surface area (Å²) in [6.45, 7) is 4.14. The highest BCUT2D eigenvalue weighted by Crippen LogP contribution is 2.11. The number of rotatable bonds is 4. The highest BCUT2D eigenvalue weighted by molar-refractivity contribution is 9.10. The zero-order valence-electron chi connectivity index (χ0n) is 9.09. The molecule has 0 aliphatic heterocycles. The summed E-state index contributed by atoms with van der Waals surface area (Å²) < 4.78 is 0.929. The average Bonchev–Trinajstić information content (AvgIpc) is 2.18. The third kappa shape index (κ3) is 4.04.